The number of hydrogen-bond acceptors (Lipinski definition) is 3. The van der Waals surface area contributed by atoms with E-state index in [4.69, 9.17) is 6.42 Å². The zero-order valence-corrected chi connectivity index (χ0v) is 16.3. The van der Waals surface area contributed by atoms with Crippen molar-refractivity contribution < 1.29 is 14.4 Å². The summed E-state index contributed by atoms with van der Waals surface area (Å²) in [4.78, 5) is 39.0. The van der Waals surface area contributed by atoms with E-state index in [0.29, 0.717) is 17.8 Å². The highest BCUT2D eigenvalue weighted by Crippen LogP contribution is 2.32. The van der Waals surface area contributed by atoms with Crippen LogP contribution in [0.2, 0.25) is 0 Å². The van der Waals surface area contributed by atoms with Gasteiger partial charge in [0.05, 0.1) is 30.3 Å². The van der Waals surface area contributed by atoms with Crippen LogP contribution in [0.3, 0.4) is 0 Å². The van der Waals surface area contributed by atoms with Crippen LogP contribution in [0, 0.1) is 12.3 Å². The van der Waals surface area contributed by atoms with E-state index in [9.17, 15) is 14.4 Å². The lowest BCUT2D eigenvalue weighted by Crippen LogP contribution is -2.40. The Balaban J connectivity index is 1.79. The quantitative estimate of drug-likeness (QED) is 0.772. The van der Waals surface area contributed by atoms with Crippen molar-refractivity contribution in [3.05, 3.63) is 65.2 Å². The lowest BCUT2D eigenvalue weighted by Gasteiger charge is -2.36. The van der Waals surface area contributed by atoms with Crippen LogP contribution in [-0.2, 0) is 16.0 Å². The third-order valence-electron chi connectivity index (χ3n) is 4.99. The maximum atomic E-state index is 12.8. The van der Waals surface area contributed by atoms with Crippen molar-refractivity contribution in [3.63, 3.8) is 0 Å². The molecule has 0 spiro atoms. The second-order valence-electron chi connectivity index (χ2n) is 6.86. The first-order chi connectivity index (χ1) is 14.0. The Hall–Kier alpha value is -3.59. The minimum absolute atomic E-state index is 0.0636. The van der Waals surface area contributed by atoms with E-state index in [1.807, 2.05) is 24.3 Å². The molecule has 0 saturated heterocycles. The molecule has 2 N–H and O–H groups in total. The average molecular weight is 389 g/mol. The molecule has 29 heavy (non-hydrogen) atoms. The summed E-state index contributed by atoms with van der Waals surface area (Å²) in [5, 5.41) is 5.42. The SMILES string of the molecule is C#CCNC(=O)c1ccccc1NC(=O)CC1c2ccccc2CCN1C(C)=O. The monoisotopic (exact) mass is 389 g/mol. The fourth-order valence-electron chi connectivity index (χ4n) is 3.64. The van der Waals surface area contributed by atoms with Crippen molar-refractivity contribution >= 4 is 23.4 Å². The van der Waals surface area contributed by atoms with Crippen molar-refractivity contribution in [2.45, 2.75) is 25.8 Å². The lowest BCUT2D eigenvalue weighted by atomic mass is 9.90. The molecule has 1 unspecified atom stereocenters. The Morgan fingerprint density at radius 1 is 1.14 bits per heavy atom. The van der Waals surface area contributed by atoms with Crippen LogP contribution in [0.15, 0.2) is 48.5 Å². The lowest BCUT2D eigenvalue weighted by molar-refractivity contribution is -0.132. The van der Waals surface area contributed by atoms with Gasteiger partial charge in [0.2, 0.25) is 11.8 Å². The smallest absolute Gasteiger partial charge is 0.254 e. The highest BCUT2D eigenvalue weighted by molar-refractivity contribution is 6.04. The summed E-state index contributed by atoms with van der Waals surface area (Å²) >= 11 is 0. The topological polar surface area (TPSA) is 78.5 Å². The zero-order chi connectivity index (χ0) is 20.8. The van der Waals surface area contributed by atoms with E-state index >= 15 is 0 Å². The molecule has 0 aromatic heterocycles. The fraction of sp³-hybridized carbons (Fsp3) is 0.261. The molecule has 0 fully saturated rings. The van der Waals surface area contributed by atoms with Gasteiger partial charge in [0, 0.05) is 13.5 Å². The summed E-state index contributed by atoms with van der Waals surface area (Å²) in [6.07, 6.45) is 6.07. The first kappa shape index (κ1) is 20.2. The molecule has 6 heteroatoms. The van der Waals surface area contributed by atoms with Crippen LogP contribution >= 0.6 is 0 Å². The summed E-state index contributed by atoms with van der Waals surface area (Å²) in [7, 11) is 0. The van der Waals surface area contributed by atoms with E-state index < -0.39 is 0 Å². The zero-order valence-electron chi connectivity index (χ0n) is 16.3. The van der Waals surface area contributed by atoms with Crippen LogP contribution in [0.25, 0.3) is 0 Å². The van der Waals surface area contributed by atoms with Crippen molar-refractivity contribution in [2.75, 3.05) is 18.4 Å². The average Bonchev–Trinajstić information content (AvgIpc) is 2.72. The maximum Gasteiger partial charge on any atom is 0.254 e. The number of nitrogens with one attached hydrogen (secondary N) is 2. The Morgan fingerprint density at radius 2 is 1.86 bits per heavy atom. The van der Waals surface area contributed by atoms with Gasteiger partial charge in [0.15, 0.2) is 0 Å². The van der Waals surface area contributed by atoms with Crippen molar-refractivity contribution in [1.82, 2.24) is 10.2 Å². The van der Waals surface area contributed by atoms with Gasteiger partial charge in [-0.25, -0.2) is 0 Å². The highest BCUT2D eigenvalue weighted by Gasteiger charge is 2.30. The minimum Gasteiger partial charge on any atom is -0.341 e. The van der Waals surface area contributed by atoms with Gasteiger partial charge in [-0.1, -0.05) is 42.3 Å². The summed E-state index contributed by atoms with van der Waals surface area (Å²) in [5.41, 5.74) is 2.88. The second kappa shape index (κ2) is 9.07. The Morgan fingerprint density at radius 3 is 2.62 bits per heavy atom. The number of rotatable bonds is 5. The minimum atomic E-state index is -0.354. The number of anilines is 1. The number of nitrogens with zero attached hydrogens (tertiary/aromatic N) is 1. The molecule has 3 amide bonds. The molecule has 2 aromatic carbocycles. The molecule has 0 bridgehead atoms. The normalized spacial score (nSPS) is 15.0. The number of amides is 3. The molecule has 1 aliphatic heterocycles. The number of para-hydroxylation sites is 1. The van der Waals surface area contributed by atoms with E-state index in [-0.39, 0.29) is 36.7 Å². The third kappa shape index (κ3) is 4.64. The Kier molecular flexibility index (Phi) is 6.30. The van der Waals surface area contributed by atoms with E-state index in [0.717, 1.165) is 17.5 Å². The summed E-state index contributed by atoms with van der Waals surface area (Å²) < 4.78 is 0. The molecule has 148 valence electrons. The molecule has 0 saturated carbocycles. The molecule has 1 heterocycles. The molecule has 1 aliphatic rings. The molecular weight excluding hydrogens is 366 g/mol. The number of carbonyl (C=O) groups excluding carboxylic acids is 3. The maximum absolute atomic E-state index is 12.8. The van der Waals surface area contributed by atoms with Gasteiger partial charge >= 0.3 is 0 Å². The van der Waals surface area contributed by atoms with Crippen LogP contribution < -0.4 is 10.6 Å². The fourth-order valence-corrected chi connectivity index (χ4v) is 3.64. The Bertz CT molecular complexity index is 977. The number of benzene rings is 2. The van der Waals surface area contributed by atoms with Gasteiger partial charge in [-0.15, -0.1) is 6.42 Å². The first-order valence-corrected chi connectivity index (χ1v) is 9.46. The summed E-state index contributed by atoms with van der Waals surface area (Å²) in [6, 6.07) is 14.3. The van der Waals surface area contributed by atoms with Gasteiger partial charge < -0.3 is 15.5 Å². The molecule has 3 rings (SSSR count). The molecule has 0 radical (unpaired) electrons. The molecule has 2 aromatic rings. The van der Waals surface area contributed by atoms with Gasteiger partial charge in [0.25, 0.3) is 5.91 Å². The van der Waals surface area contributed by atoms with Gasteiger partial charge in [0.1, 0.15) is 0 Å². The highest BCUT2D eigenvalue weighted by atomic mass is 16.2. The number of fused-ring (bicyclic) bond motifs is 1. The van der Waals surface area contributed by atoms with Crippen molar-refractivity contribution in [3.8, 4) is 12.3 Å². The van der Waals surface area contributed by atoms with E-state index in [1.165, 1.54) is 6.92 Å². The molecule has 0 aliphatic carbocycles. The summed E-state index contributed by atoms with van der Waals surface area (Å²) in [5.74, 6) is 1.66. The van der Waals surface area contributed by atoms with Crippen LogP contribution in [0.1, 0.15) is 40.9 Å². The predicted molar refractivity (Wildman–Crippen MR) is 111 cm³/mol. The van der Waals surface area contributed by atoms with Crippen LogP contribution in [0.5, 0.6) is 0 Å². The number of carbonyl (C=O) groups is 3. The van der Waals surface area contributed by atoms with Crippen molar-refractivity contribution in [2.24, 2.45) is 0 Å². The summed E-state index contributed by atoms with van der Waals surface area (Å²) in [6.45, 7) is 2.20. The first-order valence-electron chi connectivity index (χ1n) is 9.46. The molecule has 6 nitrogen and oxygen atoms in total. The molecular formula is C23H23N3O3. The van der Waals surface area contributed by atoms with Crippen LogP contribution in [0.4, 0.5) is 5.69 Å². The molecule has 1 atom stereocenters. The van der Waals surface area contributed by atoms with Crippen molar-refractivity contribution in [1.29, 1.82) is 0 Å². The standard InChI is InChI=1S/C23H23N3O3/c1-3-13-24-23(29)19-10-6-7-11-20(19)25-22(28)15-21-18-9-5-4-8-17(18)12-14-26(21)16(2)27/h1,4-11,21H,12-15H2,2H3,(H,24,29)(H,25,28). The van der Waals surface area contributed by atoms with E-state index in [1.54, 1.807) is 29.2 Å². The van der Waals surface area contributed by atoms with Gasteiger partial charge in [-0.3, -0.25) is 14.4 Å². The van der Waals surface area contributed by atoms with E-state index in [2.05, 4.69) is 16.6 Å². The largest absolute Gasteiger partial charge is 0.341 e. The number of terminal acetylenes is 1. The predicted octanol–water partition coefficient (Wildman–Crippen LogP) is 2.52. The van der Waals surface area contributed by atoms with Gasteiger partial charge in [-0.05, 0) is 29.7 Å². The van der Waals surface area contributed by atoms with Crippen LogP contribution in [-0.4, -0.2) is 35.7 Å². The second-order valence-corrected chi connectivity index (χ2v) is 6.86. The van der Waals surface area contributed by atoms with Gasteiger partial charge in [-0.2, -0.15) is 0 Å². The Labute approximate surface area is 170 Å². The third-order valence-corrected chi connectivity index (χ3v) is 4.99. The number of hydrogen-bond donors (Lipinski definition) is 2.